The highest BCUT2D eigenvalue weighted by Crippen LogP contribution is 2.14. The number of aromatic nitrogens is 1. The van der Waals surface area contributed by atoms with Gasteiger partial charge in [-0.3, -0.25) is 0 Å². The Labute approximate surface area is 93.8 Å². The summed E-state index contributed by atoms with van der Waals surface area (Å²) in [5, 5.41) is 0. The third-order valence-corrected chi connectivity index (χ3v) is 2.46. The first-order valence-corrected chi connectivity index (χ1v) is 5.57. The van der Waals surface area contributed by atoms with Gasteiger partial charge in [-0.1, -0.05) is 0 Å². The van der Waals surface area contributed by atoms with E-state index in [1.54, 1.807) is 11.6 Å². The van der Waals surface area contributed by atoms with Crippen LogP contribution in [0.2, 0.25) is 0 Å². The van der Waals surface area contributed by atoms with Crippen LogP contribution in [-0.4, -0.2) is 16.6 Å². The van der Waals surface area contributed by atoms with Gasteiger partial charge in [0.15, 0.2) is 0 Å². The molecular formula is C11H15NO2S. The van der Waals surface area contributed by atoms with E-state index in [4.69, 9.17) is 4.74 Å². The number of aryl methyl sites for hydroxylation is 1. The number of esters is 1. The number of thiazole rings is 1. The molecule has 3 nitrogen and oxygen atoms in total. The quantitative estimate of drug-likeness (QED) is 0.574. The lowest BCUT2D eigenvalue weighted by Crippen LogP contribution is -2.22. The monoisotopic (exact) mass is 225 g/mol. The van der Waals surface area contributed by atoms with Gasteiger partial charge >= 0.3 is 5.97 Å². The topological polar surface area (TPSA) is 39.2 Å². The number of hydrogen-bond donors (Lipinski definition) is 0. The average Bonchev–Trinajstić information content (AvgIpc) is 2.44. The van der Waals surface area contributed by atoms with Gasteiger partial charge in [0.2, 0.25) is 0 Å². The highest BCUT2D eigenvalue weighted by molar-refractivity contribution is 7.10. The van der Waals surface area contributed by atoms with Gasteiger partial charge in [0.25, 0.3) is 0 Å². The molecule has 0 atom stereocenters. The van der Waals surface area contributed by atoms with Crippen LogP contribution in [-0.2, 0) is 9.53 Å². The molecule has 0 aliphatic carbocycles. The van der Waals surface area contributed by atoms with Crippen LogP contribution < -0.4 is 0 Å². The molecule has 1 aromatic heterocycles. The van der Waals surface area contributed by atoms with E-state index in [1.165, 1.54) is 17.4 Å². The van der Waals surface area contributed by atoms with Gasteiger partial charge in [-0.15, -0.1) is 11.3 Å². The molecule has 0 aliphatic heterocycles. The van der Waals surface area contributed by atoms with Crippen molar-refractivity contribution in [1.82, 2.24) is 4.98 Å². The smallest absolute Gasteiger partial charge is 0.331 e. The van der Waals surface area contributed by atoms with Gasteiger partial charge in [-0.05, 0) is 33.8 Å². The molecule has 1 rings (SSSR count). The normalized spacial score (nSPS) is 12.0. The maximum Gasteiger partial charge on any atom is 0.331 e. The van der Waals surface area contributed by atoms with E-state index in [-0.39, 0.29) is 5.97 Å². The number of hydrogen-bond acceptors (Lipinski definition) is 4. The molecule has 0 aliphatic rings. The molecule has 0 amide bonds. The van der Waals surface area contributed by atoms with Crippen molar-refractivity contribution in [1.29, 1.82) is 0 Å². The summed E-state index contributed by atoms with van der Waals surface area (Å²) in [5.41, 5.74) is 2.24. The Kier molecular flexibility index (Phi) is 3.63. The van der Waals surface area contributed by atoms with Crippen molar-refractivity contribution in [2.24, 2.45) is 0 Å². The lowest BCUT2D eigenvalue weighted by atomic mass is 10.2. The Morgan fingerprint density at radius 1 is 1.53 bits per heavy atom. The first-order valence-electron chi connectivity index (χ1n) is 4.69. The number of nitrogens with zero attached hydrogens (tertiary/aromatic N) is 1. The van der Waals surface area contributed by atoms with Gasteiger partial charge in [-0.25, -0.2) is 9.78 Å². The van der Waals surface area contributed by atoms with Crippen molar-refractivity contribution >= 4 is 23.4 Å². The van der Waals surface area contributed by atoms with Crippen LogP contribution in [0.1, 0.15) is 31.3 Å². The third kappa shape index (κ3) is 4.25. The van der Waals surface area contributed by atoms with Crippen LogP contribution >= 0.6 is 11.3 Å². The van der Waals surface area contributed by atoms with Crippen molar-refractivity contribution in [2.75, 3.05) is 0 Å². The summed E-state index contributed by atoms with van der Waals surface area (Å²) >= 11 is 1.50. The van der Waals surface area contributed by atoms with E-state index >= 15 is 0 Å². The molecule has 0 aromatic carbocycles. The molecular weight excluding hydrogens is 210 g/mol. The first kappa shape index (κ1) is 11.9. The molecule has 0 saturated carbocycles. The van der Waals surface area contributed by atoms with Crippen LogP contribution in [0.5, 0.6) is 0 Å². The Hall–Kier alpha value is -1.16. The van der Waals surface area contributed by atoms with Gasteiger partial charge in [0.05, 0.1) is 16.1 Å². The van der Waals surface area contributed by atoms with Crippen LogP contribution in [0.15, 0.2) is 11.6 Å². The second-order valence-corrected chi connectivity index (χ2v) is 5.06. The molecule has 0 unspecified atom stereocenters. The van der Waals surface area contributed by atoms with Crippen molar-refractivity contribution in [3.05, 3.63) is 22.2 Å². The highest BCUT2D eigenvalue weighted by Gasteiger charge is 2.13. The number of rotatable bonds is 2. The summed E-state index contributed by atoms with van der Waals surface area (Å²) in [5.74, 6) is -0.324. The summed E-state index contributed by atoms with van der Waals surface area (Å²) in [7, 11) is 0. The maximum absolute atomic E-state index is 11.3. The van der Waals surface area contributed by atoms with Gasteiger partial charge in [-0.2, -0.15) is 0 Å². The molecule has 0 fully saturated rings. The maximum atomic E-state index is 11.3. The molecule has 0 saturated heterocycles. The second kappa shape index (κ2) is 4.57. The summed E-state index contributed by atoms with van der Waals surface area (Å²) < 4.78 is 5.13. The van der Waals surface area contributed by atoms with E-state index in [0.29, 0.717) is 0 Å². The minimum absolute atomic E-state index is 0.324. The number of carbonyl (C=O) groups excluding carboxylic acids is 1. The predicted molar refractivity (Wildman–Crippen MR) is 61.7 cm³/mol. The van der Waals surface area contributed by atoms with Crippen LogP contribution in [0.3, 0.4) is 0 Å². The Balaban J connectivity index is 2.59. The van der Waals surface area contributed by atoms with E-state index < -0.39 is 5.60 Å². The molecule has 0 radical (unpaired) electrons. The second-order valence-electron chi connectivity index (χ2n) is 4.17. The molecule has 4 heteroatoms. The third-order valence-electron chi connectivity index (χ3n) is 1.56. The SMILES string of the molecule is Cc1ncsc1/C=C/C(=O)OC(C)(C)C. The van der Waals surface area contributed by atoms with E-state index in [2.05, 4.69) is 4.98 Å². The molecule has 1 heterocycles. The van der Waals surface area contributed by atoms with Gasteiger partial charge in [0.1, 0.15) is 5.60 Å². The predicted octanol–water partition coefficient (Wildman–Crippen LogP) is 2.81. The fourth-order valence-electron chi connectivity index (χ4n) is 0.950. The molecule has 1 aromatic rings. The van der Waals surface area contributed by atoms with E-state index in [1.807, 2.05) is 27.7 Å². The van der Waals surface area contributed by atoms with Gasteiger partial charge in [0, 0.05) is 6.08 Å². The largest absolute Gasteiger partial charge is 0.457 e. The minimum Gasteiger partial charge on any atom is -0.457 e. The minimum atomic E-state index is -0.440. The summed E-state index contributed by atoms with van der Waals surface area (Å²) in [6.45, 7) is 7.44. The molecule has 0 bridgehead atoms. The first-order chi connectivity index (χ1) is 6.88. The van der Waals surface area contributed by atoms with Crippen LogP contribution in [0.25, 0.3) is 6.08 Å². The standard InChI is InChI=1S/C11H15NO2S/c1-8-9(15-7-12-8)5-6-10(13)14-11(2,3)4/h5-7H,1-4H3/b6-5+. The Bertz CT molecular complexity index is 374. The Morgan fingerprint density at radius 2 is 2.20 bits per heavy atom. The zero-order chi connectivity index (χ0) is 11.5. The van der Waals surface area contributed by atoms with Gasteiger partial charge < -0.3 is 4.74 Å². The van der Waals surface area contributed by atoms with E-state index in [0.717, 1.165) is 10.6 Å². The summed E-state index contributed by atoms with van der Waals surface area (Å²) in [4.78, 5) is 16.4. The lowest BCUT2D eigenvalue weighted by molar-refractivity contribution is -0.148. The molecule has 15 heavy (non-hydrogen) atoms. The summed E-state index contributed by atoms with van der Waals surface area (Å²) in [6.07, 6.45) is 3.17. The zero-order valence-corrected chi connectivity index (χ0v) is 10.2. The van der Waals surface area contributed by atoms with Crippen molar-refractivity contribution in [3.8, 4) is 0 Å². The van der Waals surface area contributed by atoms with Crippen molar-refractivity contribution < 1.29 is 9.53 Å². The summed E-state index contributed by atoms with van der Waals surface area (Å²) in [6, 6.07) is 0. The van der Waals surface area contributed by atoms with Crippen LogP contribution in [0, 0.1) is 6.92 Å². The fourth-order valence-corrected chi connectivity index (χ4v) is 1.64. The zero-order valence-electron chi connectivity index (χ0n) is 9.40. The molecule has 0 N–H and O–H groups in total. The average molecular weight is 225 g/mol. The number of ether oxygens (including phenoxy) is 1. The highest BCUT2D eigenvalue weighted by atomic mass is 32.1. The lowest BCUT2D eigenvalue weighted by Gasteiger charge is -2.17. The van der Waals surface area contributed by atoms with Crippen molar-refractivity contribution in [3.63, 3.8) is 0 Å². The molecule has 0 spiro atoms. The molecule has 82 valence electrons. The Morgan fingerprint density at radius 3 is 2.67 bits per heavy atom. The fraction of sp³-hybridized carbons (Fsp3) is 0.455. The van der Waals surface area contributed by atoms with Crippen LogP contribution in [0.4, 0.5) is 0 Å². The van der Waals surface area contributed by atoms with Crippen molar-refractivity contribution in [2.45, 2.75) is 33.3 Å². The van der Waals surface area contributed by atoms with E-state index in [9.17, 15) is 4.79 Å². The number of carbonyl (C=O) groups is 1.